The Hall–Kier alpha value is -1.35. The summed E-state index contributed by atoms with van der Waals surface area (Å²) in [7, 11) is 0. The van der Waals surface area contributed by atoms with Gasteiger partial charge in [-0.2, -0.15) is 0 Å². The van der Waals surface area contributed by atoms with E-state index in [2.05, 4.69) is 13.2 Å². The molecule has 0 aliphatic rings. The Morgan fingerprint density at radius 2 is 2.15 bits per heavy atom. The molecule has 0 aliphatic carbocycles. The molecule has 0 bridgehead atoms. The zero-order valence-electron chi connectivity index (χ0n) is 7.66. The number of hydrogen-bond donors (Lipinski definition) is 1. The fourth-order valence-electron chi connectivity index (χ4n) is 0.659. The first kappa shape index (κ1) is 11.6. The molecule has 0 saturated carbocycles. The minimum absolute atomic E-state index is 0.0914. The lowest BCUT2D eigenvalue weighted by Crippen LogP contribution is -2.17. The molecular formula is C10H15NO2. The molecule has 0 aromatic rings. The van der Waals surface area contributed by atoms with Crippen LogP contribution in [0.4, 0.5) is 0 Å². The van der Waals surface area contributed by atoms with Gasteiger partial charge in [-0.1, -0.05) is 24.8 Å². The first-order valence-corrected chi connectivity index (χ1v) is 4.02. The van der Waals surface area contributed by atoms with E-state index in [0.29, 0.717) is 0 Å². The van der Waals surface area contributed by atoms with Gasteiger partial charge in [0.25, 0.3) is 0 Å². The summed E-state index contributed by atoms with van der Waals surface area (Å²) < 4.78 is 4.80. The van der Waals surface area contributed by atoms with Crippen molar-refractivity contribution in [2.24, 2.45) is 5.73 Å². The molecule has 72 valence electrons. The van der Waals surface area contributed by atoms with Crippen molar-refractivity contribution in [3.63, 3.8) is 0 Å². The van der Waals surface area contributed by atoms with Crippen LogP contribution in [-0.4, -0.2) is 19.1 Å². The Bertz CT molecular complexity index is 219. The lowest BCUT2D eigenvalue weighted by atomic mass is 10.2. The first-order valence-electron chi connectivity index (χ1n) is 4.02. The van der Waals surface area contributed by atoms with E-state index in [1.165, 1.54) is 0 Å². The highest BCUT2D eigenvalue weighted by Gasteiger charge is 1.98. The lowest BCUT2D eigenvalue weighted by molar-refractivity contribution is -0.140. The average molecular weight is 181 g/mol. The van der Waals surface area contributed by atoms with Crippen molar-refractivity contribution in [1.82, 2.24) is 0 Å². The molecule has 0 radical (unpaired) electrons. The normalized spacial score (nSPS) is 10.7. The number of carbonyl (C=O) groups is 1. The van der Waals surface area contributed by atoms with Crippen LogP contribution in [0, 0.1) is 0 Å². The number of carbonyl (C=O) groups excluding carboxylic acids is 1. The van der Waals surface area contributed by atoms with Gasteiger partial charge in [0, 0.05) is 0 Å². The topological polar surface area (TPSA) is 52.3 Å². The molecule has 0 amide bonds. The Balaban J connectivity index is 3.91. The van der Waals surface area contributed by atoms with Crippen LogP contribution in [0.15, 0.2) is 37.0 Å². The maximum atomic E-state index is 10.7. The Labute approximate surface area is 78.6 Å². The second-order valence-electron chi connectivity index (χ2n) is 2.37. The molecule has 0 aliphatic heterocycles. The number of esters is 1. The Morgan fingerprint density at radius 1 is 1.46 bits per heavy atom. The molecule has 2 N–H and O–H groups in total. The van der Waals surface area contributed by atoms with Crippen LogP contribution in [0.1, 0.15) is 6.42 Å². The van der Waals surface area contributed by atoms with E-state index < -0.39 is 5.97 Å². The van der Waals surface area contributed by atoms with Gasteiger partial charge < -0.3 is 10.5 Å². The van der Waals surface area contributed by atoms with Crippen molar-refractivity contribution in [2.45, 2.75) is 6.42 Å². The maximum absolute atomic E-state index is 10.7. The summed E-state index contributed by atoms with van der Waals surface area (Å²) in [4.78, 5) is 10.7. The Kier molecular flexibility index (Phi) is 6.55. The second-order valence-corrected chi connectivity index (χ2v) is 2.37. The minimum atomic E-state index is -0.411. The fourth-order valence-corrected chi connectivity index (χ4v) is 0.659. The van der Waals surface area contributed by atoms with Crippen LogP contribution in [0.25, 0.3) is 0 Å². The van der Waals surface area contributed by atoms with Crippen LogP contribution in [0.2, 0.25) is 0 Å². The van der Waals surface area contributed by atoms with Crippen molar-refractivity contribution in [3.05, 3.63) is 37.0 Å². The van der Waals surface area contributed by atoms with Crippen LogP contribution in [0.3, 0.4) is 0 Å². The van der Waals surface area contributed by atoms with Gasteiger partial charge >= 0.3 is 5.97 Å². The average Bonchev–Trinajstić information content (AvgIpc) is 2.17. The van der Waals surface area contributed by atoms with Gasteiger partial charge in [0.1, 0.15) is 6.61 Å². The number of rotatable bonds is 6. The molecule has 0 fully saturated rings. The van der Waals surface area contributed by atoms with Crippen molar-refractivity contribution in [2.75, 3.05) is 13.2 Å². The van der Waals surface area contributed by atoms with Crippen LogP contribution >= 0.6 is 0 Å². The molecule has 0 saturated heterocycles. The van der Waals surface area contributed by atoms with E-state index in [-0.39, 0.29) is 13.2 Å². The summed E-state index contributed by atoms with van der Waals surface area (Å²) in [6, 6.07) is 0. The fraction of sp³-hybridized carbons (Fsp3) is 0.300. The minimum Gasteiger partial charge on any atom is -0.460 e. The third-order valence-corrected chi connectivity index (χ3v) is 1.38. The van der Waals surface area contributed by atoms with Gasteiger partial charge in [-0.15, -0.1) is 6.58 Å². The van der Waals surface area contributed by atoms with Gasteiger partial charge in [-0.25, -0.2) is 0 Å². The molecule has 0 aromatic carbocycles. The van der Waals surface area contributed by atoms with Crippen molar-refractivity contribution in [1.29, 1.82) is 0 Å². The van der Waals surface area contributed by atoms with Crippen LogP contribution < -0.4 is 5.73 Å². The Morgan fingerprint density at radius 3 is 2.62 bits per heavy atom. The lowest BCUT2D eigenvalue weighted by Gasteiger charge is -2.03. The first-order chi connectivity index (χ1) is 6.24. The molecule has 0 unspecified atom stereocenters. The molecule has 0 heterocycles. The predicted octanol–water partition coefficient (Wildman–Crippen LogP) is 1.18. The summed E-state index contributed by atoms with van der Waals surface area (Å²) in [6.07, 6.45) is 6.03. The summed E-state index contributed by atoms with van der Waals surface area (Å²) in [5.41, 5.74) is 5.93. The van der Waals surface area contributed by atoms with Crippen molar-refractivity contribution < 1.29 is 9.53 Å². The third-order valence-electron chi connectivity index (χ3n) is 1.38. The molecule has 3 nitrogen and oxygen atoms in total. The summed E-state index contributed by atoms with van der Waals surface area (Å²) in [5, 5.41) is 0. The molecular weight excluding hydrogens is 166 g/mol. The van der Waals surface area contributed by atoms with Gasteiger partial charge in [0.2, 0.25) is 0 Å². The molecule has 0 atom stereocenters. The summed E-state index contributed by atoms with van der Waals surface area (Å²) in [6.45, 7) is 7.30. The van der Waals surface area contributed by atoms with Crippen molar-refractivity contribution in [3.8, 4) is 0 Å². The van der Waals surface area contributed by atoms with Gasteiger partial charge in [-0.3, -0.25) is 4.79 Å². The summed E-state index contributed by atoms with van der Waals surface area (Å²) in [5.74, 6) is -0.411. The molecule has 0 rings (SSSR count). The number of allylic oxidation sites excluding steroid dienone is 2. The monoisotopic (exact) mass is 181 g/mol. The molecule has 0 spiro atoms. The van der Waals surface area contributed by atoms with Crippen molar-refractivity contribution >= 4 is 5.97 Å². The van der Waals surface area contributed by atoms with Gasteiger partial charge in [0.15, 0.2) is 0 Å². The highest BCUT2D eigenvalue weighted by Crippen LogP contribution is 1.99. The van der Waals surface area contributed by atoms with Gasteiger partial charge in [-0.05, 0) is 12.0 Å². The predicted molar refractivity (Wildman–Crippen MR) is 53.1 cm³/mol. The molecule has 0 aromatic heterocycles. The van der Waals surface area contributed by atoms with E-state index in [1.54, 1.807) is 12.2 Å². The highest BCUT2D eigenvalue weighted by atomic mass is 16.5. The van der Waals surface area contributed by atoms with E-state index in [1.807, 2.05) is 6.08 Å². The zero-order valence-corrected chi connectivity index (χ0v) is 7.66. The highest BCUT2D eigenvalue weighted by molar-refractivity contribution is 5.71. The number of ether oxygens (including phenoxy) is 1. The van der Waals surface area contributed by atoms with Crippen LogP contribution in [-0.2, 0) is 9.53 Å². The quantitative estimate of drug-likeness (QED) is 0.380. The van der Waals surface area contributed by atoms with E-state index in [0.717, 1.165) is 12.0 Å². The standard InChI is InChI=1S/C10H15NO2/c1-3-5-6-9(4-2)8-13-10(12)7-11/h3-4,6H,1-2,5,7-8,11H2/b9-6+. The second kappa shape index (κ2) is 7.31. The largest absolute Gasteiger partial charge is 0.460 e. The maximum Gasteiger partial charge on any atom is 0.320 e. The SMILES string of the molecule is C=CC/C=C(\C=C)COC(=O)CN. The third kappa shape index (κ3) is 5.87. The van der Waals surface area contributed by atoms with E-state index >= 15 is 0 Å². The number of nitrogens with two attached hydrogens (primary N) is 1. The summed E-state index contributed by atoms with van der Waals surface area (Å²) >= 11 is 0. The molecule has 3 heteroatoms. The molecule has 13 heavy (non-hydrogen) atoms. The van der Waals surface area contributed by atoms with E-state index in [4.69, 9.17) is 10.5 Å². The van der Waals surface area contributed by atoms with Crippen LogP contribution in [0.5, 0.6) is 0 Å². The van der Waals surface area contributed by atoms with E-state index in [9.17, 15) is 4.79 Å². The smallest absolute Gasteiger partial charge is 0.320 e. The zero-order chi connectivity index (χ0) is 10.1. The van der Waals surface area contributed by atoms with Gasteiger partial charge in [0.05, 0.1) is 6.54 Å². The number of hydrogen-bond acceptors (Lipinski definition) is 3.